The second kappa shape index (κ2) is 6.41. The Bertz CT molecular complexity index is 448. The average Bonchev–Trinajstić information content (AvgIpc) is 2.36. The largest absolute Gasteiger partial charge is 0.495 e. The zero-order valence-corrected chi connectivity index (χ0v) is 11.5. The molecule has 1 aliphatic heterocycles. The van der Waals surface area contributed by atoms with E-state index in [0.29, 0.717) is 6.42 Å². The van der Waals surface area contributed by atoms with Crippen LogP contribution in [0.1, 0.15) is 32.3 Å². The summed E-state index contributed by atoms with van der Waals surface area (Å²) >= 11 is 0. The van der Waals surface area contributed by atoms with Gasteiger partial charge in [0.05, 0.1) is 12.2 Å². The van der Waals surface area contributed by atoms with E-state index in [9.17, 15) is 4.79 Å². The molecule has 0 aromatic heterocycles. The first-order chi connectivity index (χ1) is 9.13. The number of rotatable bonds is 5. The van der Waals surface area contributed by atoms with Gasteiger partial charge < -0.3 is 9.47 Å². The number of carbonyl (C=O) groups is 1. The second-order valence-corrected chi connectivity index (χ2v) is 5.06. The second-order valence-electron chi connectivity index (χ2n) is 5.06. The van der Waals surface area contributed by atoms with Crippen LogP contribution in [-0.2, 0) is 20.7 Å². The monoisotopic (exact) mass is 260 g/mol. The van der Waals surface area contributed by atoms with E-state index in [2.05, 4.69) is 12.1 Å². The maximum atomic E-state index is 11.5. The van der Waals surface area contributed by atoms with Crippen LogP contribution in [-0.4, -0.2) is 18.2 Å². The summed E-state index contributed by atoms with van der Waals surface area (Å²) in [6.07, 6.45) is 3.89. The normalized spacial score (nSPS) is 19.0. The summed E-state index contributed by atoms with van der Waals surface area (Å²) in [5.74, 6) is 0.448. The van der Waals surface area contributed by atoms with Crippen molar-refractivity contribution in [1.29, 1.82) is 0 Å². The Morgan fingerprint density at radius 2 is 2.05 bits per heavy atom. The van der Waals surface area contributed by atoms with Crippen LogP contribution in [0.2, 0.25) is 0 Å². The van der Waals surface area contributed by atoms with Crippen molar-refractivity contribution in [3.05, 3.63) is 47.7 Å². The van der Waals surface area contributed by atoms with Gasteiger partial charge in [0, 0.05) is 6.42 Å². The van der Waals surface area contributed by atoms with Gasteiger partial charge in [0.2, 0.25) is 0 Å². The highest BCUT2D eigenvalue weighted by Crippen LogP contribution is 2.21. The molecule has 0 unspecified atom stereocenters. The first-order valence-corrected chi connectivity index (χ1v) is 6.75. The lowest BCUT2D eigenvalue weighted by Crippen LogP contribution is -2.25. The Labute approximate surface area is 114 Å². The highest BCUT2D eigenvalue weighted by molar-refractivity contribution is 5.83. The number of carbonyl (C=O) groups excluding carboxylic acids is 1. The van der Waals surface area contributed by atoms with Crippen LogP contribution in [0.4, 0.5) is 0 Å². The van der Waals surface area contributed by atoms with Crippen LogP contribution in [0, 0.1) is 0 Å². The summed E-state index contributed by atoms with van der Waals surface area (Å²) in [4.78, 5) is 11.5. The molecule has 3 heteroatoms. The lowest BCUT2D eigenvalue weighted by atomic mass is 10.0. The molecule has 0 spiro atoms. The third-order valence-electron chi connectivity index (χ3n) is 2.98. The van der Waals surface area contributed by atoms with Gasteiger partial charge in [-0.15, -0.1) is 0 Å². The number of benzene rings is 1. The van der Waals surface area contributed by atoms with E-state index in [4.69, 9.17) is 9.47 Å². The highest BCUT2D eigenvalue weighted by Gasteiger charge is 2.22. The van der Waals surface area contributed by atoms with E-state index in [0.717, 1.165) is 18.6 Å². The molecule has 1 aromatic rings. The van der Waals surface area contributed by atoms with Crippen molar-refractivity contribution < 1.29 is 14.3 Å². The lowest BCUT2D eigenvalue weighted by molar-refractivity contribution is -0.145. The number of cyclic esters (lactones) is 1. The molecule has 0 aliphatic carbocycles. The van der Waals surface area contributed by atoms with Gasteiger partial charge in [-0.25, -0.2) is 4.79 Å². The molecule has 2 rings (SSSR count). The van der Waals surface area contributed by atoms with E-state index in [1.807, 2.05) is 32.0 Å². The van der Waals surface area contributed by atoms with E-state index in [-0.39, 0.29) is 18.2 Å². The van der Waals surface area contributed by atoms with Crippen molar-refractivity contribution in [3.8, 4) is 0 Å². The standard InChI is InChI=1S/C16H20O3/c1-12(2)18-15-10-14(19-16(17)11-15)9-8-13-6-4-3-5-7-13/h3-7,11-12,14H,8-10H2,1-2H3/t14-/m0/s1. The van der Waals surface area contributed by atoms with Gasteiger partial charge in [0.25, 0.3) is 0 Å². The van der Waals surface area contributed by atoms with E-state index in [1.165, 1.54) is 11.6 Å². The molecular weight excluding hydrogens is 240 g/mol. The van der Waals surface area contributed by atoms with E-state index < -0.39 is 0 Å². The molecule has 1 atom stereocenters. The SMILES string of the molecule is CC(C)OC1=CC(=O)O[C@@H](CCc2ccccc2)C1. The lowest BCUT2D eigenvalue weighted by Gasteiger charge is -2.24. The van der Waals surface area contributed by atoms with Gasteiger partial charge in [0.15, 0.2) is 0 Å². The third-order valence-corrected chi connectivity index (χ3v) is 2.98. The summed E-state index contributed by atoms with van der Waals surface area (Å²) in [6, 6.07) is 10.2. The maximum Gasteiger partial charge on any atom is 0.334 e. The fraction of sp³-hybridized carbons (Fsp3) is 0.438. The summed E-state index contributed by atoms with van der Waals surface area (Å²) in [5.41, 5.74) is 1.26. The molecule has 102 valence electrons. The van der Waals surface area contributed by atoms with Crippen molar-refractivity contribution in [1.82, 2.24) is 0 Å². The predicted molar refractivity (Wildman–Crippen MR) is 73.6 cm³/mol. The van der Waals surface area contributed by atoms with Gasteiger partial charge in [-0.1, -0.05) is 30.3 Å². The molecule has 0 saturated carbocycles. The molecule has 0 radical (unpaired) electrons. The minimum Gasteiger partial charge on any atom is -0.495 e. The third kappa shape index (κ3) is 4.43. The van der Waals surface area contributed by atoms with Crippen LogP contribution in [0.25, 0.3) is 0 Å². The van der Waals surface area contributed by atoms with Crippen molar-refractivity contribution in [2.75, 3.05) is 0 Å². The molecule has 0 saturated heterocycles. The van der Waals surface area contributed by atoms with Gasteiger partial charge in [-0.2, -0.15) is 0 Å². The maximum absolute atomic E-state index is 11.5. The topological polar surface area (TPSA) is 35.5 Å². The Hall–Kier alpha value is -1.77. The van der Waals surface area contributed by atoms with Crippen LogP contribution in [0.5, 0.6) is 0 Å². The van der Waals surface area contributed by atoms with Crippen molar-refractivity contribution in [3.63, 3.8) is 0 Å². The summed E-state index contributed by atoms with van der Waals surface area (Å²) in [6.45, 7) is 3.92. The van der Waals surface area contributed by atoms with E-state index >= 15 is 0 Å². The van der Waals surface area contributed by atoms with Crippen LogP contribution in [0.3, 0.4) is 0 Å². The van der Waals surface area contributed by atoms with Crippen molar-refractivity contribution >= 4 is 5.97 Å². The molecule has 1 aliphatic rings. The molecule has 0 amide bonds. The Balaban J connectivity index is 1.88. The van der Waals surface area contributed by atoms with Crippen LogP contribution >= 0.6 is 0 Å². The highest BCUT2D eigenvalue weighted by atomic mass is 16.6. The molecule has 0 N–H and O–H groups in total. The van der Waals surface area contributed by atoms with Crippen LogP contribution in [0.15, 0.2) is 42.2 Å². The zero-order chi connectivity index (χ0) is 13.7. The van der Waals surface area contributed by atoms with Gasteiger partial charge in [0.1, 0.15) is 11.9 Å². The molecular formula is C16H20O3. The Morgan fingerprint density at radius 1 is 1.32 bits per heavy atom. The zero-order valence-electron chi connectivity index (χ0n) is 11.5. The Kier molecular flexibility index (Phi) is 4.61. The minimum atomic E-state index is -0.292. The molecule has 1 aromatic carbocycles. The van der Waals surface area contributed by atoms with Gasteiger partial charge in [-0.3, -0.25) is 0 Å². The average molecular weight is 260 g/mol. The summed E-state index contributed by atoms with van der Waals surface area (Å²) < 4.78 is 10.9. The smallest absolute Gasteiger partial charge is 0.334 e. The van der Waals surface area contributed by atoms with Crippen molar-refractivity contribution in [2.24, 2.45) is 0 Å². The fourth-order valence-corrected chi connectivity index (χ4v) is 2.17. The molecule has 1 heterocycles. The van der Waals surface area contributed by atoms with Gasteiger partial charge in [-0.05, 0) is 32.3 Å². The molecule has 0 fully saturated rings. The summed E-state index contributed by atoms with van der Waals surface area (Å²) in [7, 11) is 0. The first kappa shape index (κ1) is 13.7. The molecule has 19 heavy (non-hydrogen) atoms. The number of hydrogen-bond acceptors (Lipinski definition) is 3. The molecule has 0 bridgehead atoms. The van der Waals surface area contributed by atoms with Gasteiger partial charge >= 0.3 is 5.97 Å². The predicted octanol–water partition coefficient (Wildman–Crippen LogP) is 3.24. The summed E-state index contributed by atoms with van der Waals surface area (Å²) in [5, 5.41) is 0. The minimum absolute atomic E-state index is 0.0774. The van der Waals surface area contributed by atoms with Crippen molar-refractivity contribution in [2.45, 2.75) is 45.3 Å². The number of ether oxygens (including phenoxy) is 2. The fourth-order valence-electron chi connectivity index (χ4n) is 2.17. The quantitative estimate of drug-likeness (QED) is 0.762. The number of esters is 1. The first-order valence-electron chi connectivity index (χ1n) is 6.75. The number of aryl methyl sites for hydroxylation is 1. The number of hydrogen-bond donors (Lipinski definition) is 0. The molecule has 3 nitrogen and oxygen atoms in total. The van der Waals surface area contributed by atoms with E-state index in [1.54, 1.807) is 0 Å². The Morgan fingerprint density at radius 3 is 2.74 bits per heavy atom. The van der Waals surface area contributed by atoms with Crippen LogP contribution < -0.4 is 0 Å².